The lowest BCUT2D eigenvalue weighted by molar-refractivity contribution is -0.167. The molecule has 1 aromatic carbocycles. The minimum absolute atomic E-state index is 0.0671. The first-order valence-corrected chi connectivity index (χ1v) is 8.47. The highest BCUT2D eigenvalue weighted by atomic mass is 16.5. The van der Waals surface area contributed by atoms with Crippen LogP contribution in [-0.4, -0.2) is 25.3 Å². The van der Waals surface area contributed by atoms with Crippen LogP contribution in [0.15, 0.2) is 18.2 Å². The Kier molecular flexibility index (Phi) is 3.16. The lowest BCUT2D eigenvalue weighted by atomic mass is 9.43. The first kappa shape index (κ1) is 14.9. The van der Waals surface area contributed by atoms with Gasteiger partial charge in [-0.3, -0.25) is 4.79 Å². The predicted octanol–water partition coefficient (Wildman–Crippen LogP) is 3.63. The summed E-state index contributed by atoms with van der Waals surface area (Å²) in [5.41, 5.74) is 0.555. The van der Waals surface area contributed by atoms with E-state index < -0.39 is 11.4 Å². The van der Waals surface area contributed by atoms with Crippen molar-refractivity contribution in [3.05, 3.63) is 23.8 Å². The Morgan fingerprint density at radius 3 is 2.39 bits per heavy atom. The Labute approximate surface area is 136 Å². The van der Waals surface area contributed by atoms with Gasteiger partial charge >= 0.3 is 5.97 Å². The highest BCUT2D eigenvalue weighted by molar-refractivity contribution is 5.76. The van der Waals surface area contributed by atoms with Crippen molar-refractivity contribution in [3.8, 4) is 11.5 Å². The van der Waals surface area contributed by atoms with Gasteiger partial charge in [0.25, 0.3) is 0 Å². The smallest absolute Gasteiger partial charge is 0.309 e. The van der Waals surface area contributed by atoms with Gasteiger partial charge < -0.3 is 14.6 Å². The largest absolute Gasteiger partial charge is 0.493 e. The van der Waals surface area contributed by atoms with E-state index >= 15 is 0 Å². The number of ether oxygens (including phenoxy) is 2. The van der Waals surface area contributed by atoms with Crippen LogP contribution >= 0.6 is 0 Å². The number of methoxy groups -OCH3 is 2. The topological polar surface area (TPSA) is 55.8 Å². The normalized spacial score (nSPS) is 37.7. The zero-order valence-corrected chi connectivity index (χ0v) is 13.8. The van der Waals surface area contributed by atoms with Crippen molar-refractivity contribution >= 4 is 5.97 Å². The number of carboxylic acid groups (broad SMARTS) is 1. The molecule has 0 amide bonds. The van der Waals surface area contributed by atoms with E-state index in [-0.39, 0.29) is 5.41 Å². The maximum atomic E-state index is 12.0. The summed E-state index contributed by atoms with van der Waals surface area (Å²) in [5, 5.41) is 9.91. The summed E-state index contributed by atoms with van der Waals surface area (Å²) in [7, 11) is 3.33. The molecular formula is C19H24O4. The molecule has 23 heavy (non-hydrogen) atoms. The van der Waals surface area contributed by atoms with E-state index in [1.807, 2.05) is 12.1 Å². The van der Waals surface area contributed by atoms with Crippen molar-refractivity contribution < 1.29 is 19.4 Å². The molecule has 0 saturated heterocycles. The fourth-order valence-corrected chi connectivity index (χ4v) is 6.13. The molecule has 4 aliphatic rings. The third kappa shape index (κ3) is 2.00. The number of para-hydroxylation sites is 1. The van der Waals surface area contributed by atoms with Crippen molar-refractivity contribution in [3.63, 3.8) is 0 Å². The highest BCUT2D eigenvalue weighted by Gasteiger charge is 2.61. The number of rotatable bonds is 4. The van der Waals surface area contributed by atoms with Crippen molar-refractivity contribution in [1.29, 1.82) is 0 Å². The molecule has 2 atom stereocenters. The molecule has 124 valence electrons. The average Bonchev–Trinajstić information content (AvgIpc) is 2.52. The Morgan fingerprint density at radius 1 is 1.13 bits per heavy atom. The van der Waals surface area contributed by atoms with Crippen LogP contribution < -0.4 is 9.47 Å². The molecule has 0 spiro atoms. The number of carbonyl (C=O) groups is 1. The van der Waals surface area contributed by atoms with Crippen LogP contribution in [0.5, 0.6) is 11.5 Å². The standard InChI is InChI=1S/C19H24O4/c1-22-15-5-3-4-14(16(15)23-2)18-7-12-6-13(8-18)10-19(9-12,11-18)17(20)21/h3-5,12-13H,6-11H2,1-2H3,(H,20,21). The minimum atomic E-state index is -0.599. The molecule has 2 unspecified atom stereocenters. The van der Waals surface area contributed by atoms with Crippen LogP contribution in [0.1, 0.15) is 44.1 Å². The van der Waals surface area contributed by atoms with E-state index in [1.54, 1.807) is 14.2 Å². The molecule has 0 aromatic heterocycles. The number of hydrogen-bond donors (Lipinski definition) is 1. The summed E-state index contributed by atoms with van der Waals surface area (Å²) in [6.45, 7) is 0. The molecule has 1 N–H and O–H groups in total. The molecule has 5 rings (SSSR count). The fourth-order valence-electron chi connectivity index (χ4n) is 6.13. The fraction of sp³-hybridized carbons (Fsp3) is 0.632. The van der Waals surface area contributed by atoms with Crippen LogP contribution in [0.2, 0.25) is 0 Å². The maximum Gasteiger partial charge on any atom is 0.309 e. The molecular weight excluding hydrogens is 292 g/mol. The van der Waals surface area contributed by atoms with Crippen molar-refractivity contribution in [2.75, 3.05) is 14.2 Å². The van der Waals surface area contributed by atoms with Gasteiger partial charge in [0, 0.05) is 11.0 Å². The molecule has 4 saturated carbocycles. The predicted molar refractivity (Wildman–Crippen MR) is 86.0 cm³/mol. The second-order valence-electron chi connectivity index (χ2n) is 7.87. The van der Waals surface area contributed by atoms with Crippen LogP contribution in [0.4, 0.5) is 0 Å². The van der Waals surface area contributed by atoms with Gasteiger partial charge in [0.05, 0.1) is 19.6 Å². The monoisotopic (exact) mass is 316 g/mol. The molecule has 4 aliphatic carbocycles. The van der Waals surface area contributed by atoms with Gasteiger partial charge in [-0.25, -0.2) is 0 Å². The first-order valence-electron chi connectivity index (χ1n) is 8.47. The van der Waals surface area contributed by atoms with Crippen LogP contribution in [-0.2, 0) is 10.2 Å². The lowest BCUT2D eigenvalue weighted by Crippen LogP contribution is -2.56. The van der Waals surface area contributed by atoms with Gasteiger partial charge in [-0.15, -0.1) is 0 Å². The van der Waals surface area contributed by atoms with Gasteiger partial charge in [0.2, 0.25) is 0 Å². The SMILES string of the molecule is COc1cccc(C23CC4CC(CC(C(=O)O)(C4)C2)C3)c1OC. The molecule has 4 nitrogen and oxygen atoms in total. The highest BCUT2D eigenvalue weighted by Crippen LogP contribution is 2.67. The quantitative estimate of drug-likeness (QED) is 0.921. The van der Waals surface area contributed by atoms with E-state index in [4.69, 9.17) is 9.47 Å². The summed E-state index contributed by atoms with van der Waals surface area (Å²) in [5.74, 6) is 1.99. The molecule has 0 heterocycles. The second kappa shape index (κ2) is 4.89. The van der Waals surface area contributed by atoms with E-state index in [9.17, 15) is 9.90 Å². The summed E-state index contributed by atoms with van der Waals surface area (Å²) in [4.78, 5) is 12.0. The van der Waals surface area contributed by atoms with E-state index in [1.165, 1.54) is 6.42 Å². The molecule has 0 aliphatic heterocycles. The maximum absolute atomic E-state index is 12.0. The summed E-state index contributed by atoms with van der Waals surface area (Å²) < 4.78 is 11.1. The van der Waals surface area contributed by atoms with E-state index in [2.05, 4.69) is 6.07 Å². The summed E-state index contributed by atoms with van der Waals surface area (Å²) >= 11 is 0. The second-order valence-corrected chi connectivity index (χ2v) is 7.87. The van der Waals surface area contributed by atoms with Crippen molar-refractivity contribution in [2.45, 2.75) is 43.9 Å². The number of benzene rings is 1. The summed E-state index contributed by atoms with van der Waals surface area (Å²) in [6.07, 6.45) is 5.82. The van der Waals surface area contributed by atoms with Crippen LogP contribution in [0.25, 0.3) is 0 Å². The Bertz CT molecular complexity index is 637. The van der Waals surface area contributed by atoms with Gasteiger partial charge in [-0.1, -0.05) is 12.1 Å². The van der Waals surface area contributed by atoms with Gasteiger partial charge in [0.1, 0.15) is 0 Å². The van der Waals surface area contributed by atoms with Gasteiger partial charge in [-0.05, 0) is 56.4 Å². The van der Waals surface area contributed by atoms with Crippen LogP contribution in [0.3, 0.4) is 0 Å². The zero-order valence-electron chi connectivity index (χ0n) is 13.8. The van der Waals surface area contributed by atoms with Gasteiger partial charge in [0.15, 0.2) is 11.5 Å². The number of aliphatic carboxylic acids is 1. The number of carboxylic acids is 1. The van der Waals surface area contributed by atoms with Crippen LogP contribution in [0, 0.1) is 17.3 Å². The Balaban J connectivity index is 1.84. The lowest BCUT2D eigenvalue weighted by Gasteiger charge is -2.60. The zero-order chi connectivity index (χ0) is 16.2. The van der Waals surface area contributed by atoms with Crippen molar-refractivity contribution in [1.82, 2.24) is 0 Å². The third-order valence-corrected chi connectivity index (χ3v) is 6.49. The molecule has 4 fully saturated rings. The van der Waals surface area contributed by atoms with E-state index in [0.29, 0.717) is 11.8 Å². The summed E-state index contributed by atoms with van der Waals surface area (Å²) in [6, 6.07) is 6.03. The van der Waals surface area contributed by atoms with E-state index in [0.717, 1.165) is 49.2 Å². The Hall–Kier alpha value is -1.71. The first-order chi connectivity index (χ1) is 11.0. The Morgan fingerprint density at radius 2 is 1.83 bits per heavy atom. The average molecular weight is 316 g/mol. The third-order valence-electron chi connectivity index (χ3n) is 6.49. The number of hydrogen-bond acceptors (Lipinski definition) is 3. The molecule has 4 heteroatoms. The minimum Gasteiger partial charge on any atom is -0.493 e. The molecule has 0 radical (unpaired) electrons. The molecule has 1 aromatic rings. The van der Waals surface area contributed by atoms with Gasteiger partial charge in [-0.2, -0.15) is 0 Å². The molecule has 4 bridgehead atoms. The van der Waals surface area contributed by atoms with Crippen molar-refractivity contribution in [2.24, 2.45) is 17.3 Å².